The van der Waals surface area contributed by atoms with Gasteiger partial charge in [-0.15, -0.1) is 0 Å². The van der Waals surface area contributed by atoms with Crippen molar-refractivity contribution in [2.24, 2.45) is 5.41 Å². The third-order valence-corrected chi connectivity index (χ3v) is 3.85. The number of hydrogen-bond acceptors (Lipinski definition) is 2. The molecule has 0 radical (unpaired) electrons. The minimum Gasteiger partial charge on any atom is -0.399 e. The summed E-state index contributed by atoms with van der Waals surface area (Å²) in [6, 6.07) is 6.66. The average molecular weight is 218 g/mol. The van der Waals surface area contributed by atoms with E-state index in [0.717, 1.165) is 5.69 Å². The van der Waals surface area contributed by atoms with E-state index < -0.39 is 0 Å². The van der Waals surface area contributed by atoms with E-state index in [1.54, 1.807) is 0 Å². The van der Waals surface area contributed by atoms with Crippen LogP contribution in [0.5, 0.6) is 0 Å². The normalized spacial score (nSPS) is 23.3. The Morgan fingerprint density at radius 2 is 2.12 bits per heavy atom. The molecule has 0 spiro atoms. The number of anilines is 2. The number of nitrogens with one attached hydrogen (secondary N) is 1. The predicted octanol–water partition coefficient (Wildman–Crippen LogP) is 3.57. The first-order chi connectivity index (χ1) is 7.49. The molecule has 1 atom stereocenters. The molecule has 0 aliphatic heterocycles. The van der Waals surface area contributed by atoms with E-state index in [-0.39, 0.29) is 0 Å². The maximum Gasteiger partial charge on any atom is 0.0392 e. The van der Waals surface area contributed by atoms with Gasteiger partial charge in [0.2, 0.25) is 0 Å². The Morgan fingerprint density at radius 1 is 1.38 bits per heavy atom. The Bertz CT molecular complexity index is 382. The van der Waals surface area contributed by atoms with Gasteiger partial charge in [0.15, 0.2) is 0 Å². The summed E-state index contributed by atoms with van der Waals surface area (Å²) < 4.78 is 0. The monoisotopic (exact) mass is 218 g/mol. The fraction of sp³-hybridized carbons (Fsp3) is 0.571. The minimum absolute atomic E-state index is 0.400. The Labute approximate surface area is 98.2 Å². The van der Waals surface area contributed by atoms with Gasteiger partial charge in [0.05, 0.1) is 0 Å². The van der Waals surface area contributed by atoms with Crippen LogP contribution in [0.25, 0.3) is 0 Å². The first-order valence-corrected chi connectivity index (χ1v) is 6.12. The van der Waals surface area contributed by atoms with Crippen LogP contribution in [0.15, 0.2) is 18.2 Å². The largest absolute Gasteiger partial charge is 0.399 e. The van der Waals surface area contributed by atoms with E-state index in [1.807, 2.05) is 12.1 Å². The molecule has 16 heavy (non-hydrogen) atoms. The summed E-state index contributed by atoms with van der Waals surface area (Å²) in [4.78, 5) is 0. The fourth-order valence-electron chi connectivity index (χ4n) is 2.58. The quantitative estimate of drug-likeness (QED) is 0.745. The van der Waals surface area contributed by atoms with Crippen molar-refractivity contribution < 1.29 is 0 Å². The van der Waals surface area contributed by atoms with Crippen molar-refractivity contribution in [3.05, 3.63) is 23.8 Å². The van der Waals surface area contributed by atoms with Gasteiger partial charge in [-0.05, 0) is 42.9 Å². The van der Waals surface area contributed by atoms with E-state index in [9.17, 15) is 0 Å². The predicted molar refractivity (Wildman–Crippen MR) is 70.6 cm³/mol. The molecule has 1 unspecified atom stereocenters. The third-order valence-electron chi connectivity index (χ3n) is 3.85. The number of aryl methyl sites for hydroxylation is 1. The number of nitrogen functional groups attached to an aromatic ring is 1. The molecular weight excluding hydrogens is 196 g/mol. The number of hydrogen-bond donors (Lipinski definition) is 2. The SMILES string of the molecule is Cc1ccc(N)cc1NC1CCCC1(C)C. The Kier molecular flexibility index (Phi) is 2.83. The molecule has 1 aliphatic carbocycles. The summed E-state index contributed by atoms with van der Waals surface area (Å²) in [6.07, 6.45) is 3.90. The summed E-state index contributed by atoms with van der Waals surface area (Å²) in [5.74, 6) is 0. The highest BCUT2D eigenvalue weighted by Crippen LogP contribution is 2.39. The molecule has 1 saturated carbocycles. The highest BCUT2D eigenvalue weighted by molar-refractivity contribution is 5.59. The van der Waals surface area contributed by atoms with Gasteiger partial charge in [0.1, 0.15) is 0 Å². The van der Waals surface area contributed by atoms with Crippen molar-refractivity contribution in [3.8, 4) is 0 Å². The Hall–Kier alpha value is -1.18. The van der Waals surface area contributed by atoms with Gasteiger partial charge in [-0.25, -0.2) is 0 Å². The summed E-state index contributed by atoms with van der Waals surface area (Å²) in [7, 11) is 0. The van der Waals surface area contributed by atoms with Gasteiger partial charge in [0, 0.05) is 17.4 Å². The second-order valence-electron chi connectivity index (χ2n) is 5.65. The topological polar surface area (TPSA) is 38.0 Å². The third kappa shape index (κ3) is 2.16. The lowest BCUT2D eigenvalue weighted by Crippen LogP contribution is -2.31. The van der Waals surface area contributed by atoms with Gasteiger partial charge in [-0.3, -0.25) is 0 Å². The maximum absolute atomic E-state index is 5.83. The van der Waals surface area contributed by atoms with Crippen LogP contribution in [0, 0.1) is 12.3 Å². The maximum atomic E-state index is 5.83. The Balaban J connectivity index is 2.17. The van der Waals surface area contributed by atoms with Crippen LogP contribution < -0.4 is 11.1 Å². The lowest BCUT2D eigenvalue weighted by atomic mass is 9.87. The first kappa shape index (κ1) is 11.3. The standard InChI is InChI=1S/C14H22N2/c1-10-6-7-11(15)9-12(10)16-13-5-4-8-14(13,2)3/h6-7,9,13,16H,4-5,8,15H2,1-3H3. The van der Waals surface area contributed by atoms with Crippen molar-refractivity contribution in [1.82, 2.24) is 0 Å². The second kappa shape index (κ2) is 4.00. The molecule has 0 amide bonds. The lowest BCUT2D eigenvalue weighted by molar-refractivity contribution is 0.350. The summed E-state index contributed by atoms with van der Waals surface area (Å²) in [5.41, 5.74) is 9.54. The molecule has 88 valence electrons. The van der Waals surface area contributed by atoms with Crippen molar-refractivity contribution in [2.75, 3.05) is 11.1 Å². The van der Waals surface area contributed by atoms with Gasteiger partial charge >= 0.3 is 0 Å². The van der Waals surface area contributed by atoms with Crippen LogP contribution in [-0.2, 0) is 0 Å². The lowest BCUT2D eigenvalue weighted by Gasteiger charge is -2.29. The van der Waals surface area contributed by atoms with Gasteiger partial charge in [0.25, 0.3) is 0 Å². The molecule has 0 bridgehead atoms. The zero-order valence-corrected chi connectivity index (χ0v) is 10.5. The number of rotatable bonds is 2. The van der Waals surface area contributed by atoms with Crippen LogP contribution in [0.4, 0.5) is 11.4 Å². The molecule has 1 aromatic rings. The van der Waals surface area contributed by atoms with E-state index in [4.69, 9.17) is 5.73 Å². The molecule has 2 heteroatoms. The molecule has 2 nitrogen and oxygen atoms in total. The van der Waals surface area contributed by atoms with Crippen LogP contribution in [-0.4, -0.2) is 6.04 Å². The molecule has 2 rings (SSSR count). The average Bonchev–Trinajstić information content (AvgIpc) is 2.52. The van der Waals surface area contributed by atoms with Crippen LogP contribution in [0.3, 0.4) is 0 Å². The van der Waals surface area contributed by atoms with Crippen LogP contribution >= 0.6 is 0 Å². The highest BCUT2D eigenvalue weighted by Gasteiger charge is 2.34. The zero-order valence-electron chi connectivity index (χ0n) is 10.5. The molecular formula is C14H22N2. The van der Waals surface area contributed by atoms with E-state index in [1.165, 1.54) is 30.5 Å². The van der Waals surface area contributed by atoms with Crippen molar-refractivity contribution in [2.45, 2.75) is 46.1 Å². The van der Waals surface area contributed by atoms with Crippen LogP contribution in [0.2, 0.25) is 0 Å². The summed E-state index contributed by atoms with van der Waals surface area (Å²) in [6.45, 7) is 6.82. The molecule has 0 aromatic heterocycles. The molecule has 1 aromatic carbocycles. The van der Waals surface area contributed by atoms with Crippen molar-refractivity contribution >= 4 is 11.4 Å². The molecule has 1 aliphatic rings. The molecule has 0 heterocycles. The van der Waals surface area contributed by atoms with E-state index in [2.05, 4.69) is 32.2 Å². The molecule has 0 saturated heterocycles. The van der Waals surface area contributed by atoms with Crippen molar-refractivity contribution in [3.63, 3.8) is 0 Å². The van der Waals surface area contributed by atoms with E-state index >= 15 is 0 Å². The molecule has 1 fully saturated rings. The smallest absolute Gasteiger partial charge is 0.0392 e. The van der Waals surface area contributed by atoms with E-state index in [0.29, 0.717) is 11.5 Å². The first-order valence-electron chi connectivity index (χ1n) is 6.12. The van der Waals surface area contributed by atoms with Gasteiger partial charge < -0.3 is 11.1 Å². The Morgan fingerprint density at radius 3 is 2.75 bits per heavy atom. The summed E-state index contributed by atoms with van der Waals surface area (Å²) in [5, 5.41) is 3.66. The van der Waals surface area contributed by atoms with Gasteiger partial charge in [-0.1, -0.05) is 26.3 Å². The second-order valence-corrected chi connectivity index (χ2v) is 5.65. The number of nitrogens with two attached hydrogens (primary N) is 1. The molecule has 3 N–H and O–H groups in total. The fourth-order valence-corrected chi connectivity index (χ4v) is 2.58. The zero-order chi connectivity index (χ0) is 11.8. The minimum atomic E-state index is 0.400. The highest BCUT2D eigenvalue weighted by atomic mass is 14.9. The summed E-state index contributed by atoms with van der Waals surface area (Å²) >= 11 is 0. The van der Waals surface area contributed by atoms with Gasteiger partial charge in [-0.2, -0.15) is 0 Å². The van der Waals surface area contributed by atoms with Crippen LogP contribution in [0.1, 0.15) is 38.7 Å². The number of benzene rings is 1. The van der Waals surface area contributed by atoms with Crippen molar-refractivity contribution in [1.29, 1.82) is 0 Å².